The van der Waals surface area contributed by atoms with E-state index >= 15 is 0 Å². The summed E-state index contributed by atoms with van der Waals surface area (Å²) < 4.78 is 0. The number of hydrogen-bond donors (Lipinski definition) is 3. The Balaban J connectivity index is 1.74. The molecule has 2 aliphatic carbocycles. The van der Waals surface area contributed by atoms with Crippen LogP contribution in [-0.4, -0.2) is 38.0 Å². The molecule has 2 atom stereocenters. The summed E-state index contributed by atoms with van der Waals surface area (Å²) >= 11 is 0. The van der Waals surface area contributed by atoms with E-state index in [4.69, 9.17) is 5.84 Å². The first-order valence-electron chi connectivity index (χ1n) is 9.94. The van der Waals surface area contributed by atoms with Gasteiger partial charge in [0.2, 0.25) is 11.8 Å². The zero-order chi connectivity index (χ0) is 19.1. The van der Waals surface area contributed by atoms with Gasteiger partial charge in [0.1, 0.15) is 0 Å². The zero-order valence-corrected chi connectivity index (χ0v) is 16.1. The Hall–Kier alpha value is -1.96. The zero-order valence-electron chi connectivity index (χ0n) is 16.1. The maximum Gasteiger partial charge on any atom is 0.230 e. The van der Waals surface area contributed by atoms with Crippen LogP contribution in [-0.2, 0) is 9.59 Å². The topological polar surface area (TPSA) is 90.7 Å². The van der Waals surface area contributed by atoms with Crippen molar-refractivity contribution in [3.8, 4) is 0 Å². The molecule has 0 spiro atoms. The minimum Gasteiger partial charge on any atom is -0.318 e. The van der Waals surface area contributed by atoms with Gasteiger partial charge in [0.15, 0.2) is 0 Å². The van der Waals surface area contributed by atoms with E-state index in [-0.39, 0.29) is 35.7 Å². The Morgan fingerprint density at radius 1 is 1.15 bits per heavy atom. The van der Waals surface area contributed by atoms with Gasteiger partial charge in [0.25, 0.3) is 0 Å². The van der Waals surface area contributed by atoms with Crippen LogP contribution in [0.1, 0.15) is 44.2 Å². The van der Waals surface area contributed by atoms with E-state index < -0.39 is 0 Å². The van der Waals surface area contributed by atoms with Crippen LogP contribution in [0.4, 0.5) is 11.4 Å². The number of carbonyl (C=O) groups is 2. The number of hydrogen-bond acceptors (Lipinski definition) is 5. The summed E-state index contributed by atoms with van der Waals surface area (Å²) in [7, 11) is 1.88. The van der Waals surface area contributed by atoms with Crippen LogP contribution in [0.5, 0.6) is 0 Å². The lowest BCUT2D eigenvalue weighted by atomic mass is 10.00. The van der Waals surface area contributed by atoms with Crippen LogP contribution >= 0.6 is 0 Å². The Morgan fingerprint density at radius 2 is 1.81 bits per heavy atom. The number of likely N-dealkylation sites (N-methyl/N-ethyl adjacent to an activating group) is 1. The number of carbonyl (C=O) groups excluding carboxylic acids is 2. The summed E-state index contributed by atoms with van der Waals surface area (Å²) in [6.07, 6.45) is 3.88. The number of hydrazine groups is 1. The molecule has 4 N–H and O–H groups in total. The third-order valence-electron chi connectivity index (χ3n) is 5.81. The summed E-state index contributed by atoms with van der Waals surface area (Å²) in [5, 5.41) is 3.13. The van der Waals surface area contributed by atoms with Gasteiger partial charge in [-0.15, -0.1) is 0 Å². The molecular weight excluding hydrogens is 342 g/mol. The first-order chi connectivity index (χ1) is 13.0. The maximum atomic E-state index is 12.9. The summed E-state index contributed by atoms with van der Waals surface area (Å²) in [6, 6.07) is 5.93. The highest BCUT2D eigenvalue weighted by molar-refractivity contribution is 6.06. The summed E-state index contributed by atoms with van der Waals surface area (Å²) in [4.78, 5) is 29.7. The second kappa shape index (κ2) is 7.22. The van der Waals surface area contributed by atoms with Crippen molar-refractivity contribution in [3.63, 3.8) is 0 Å². The van der Waals surface area contributed by atoms with Crippen molar-refractivity contribution in [1.29, 1.82) is 0 Å². The fourth-order valence-corrected chi connectivity index (χ4v) is 3.96. The van der Waals surface area contributed by atoms with Crippen molar-refractivity contribution in [2.75, 3.05) is 29.9 Å². The molecule has 7 nitrogen and oxygen atoms in total. The average molecular weight is 371 g/mol. The number of benzene rings is 1. The van der Waals surface area contributed by atoms with E-state index in [2.05, 4.69) is 10.7 Å². The van der Waals surface area contributed by atoms with Crippen LogP contribution in [0.2, 0.25) is 0 Å². The number of nitrogens with two attached hydrogens (primary N) is 1. The fraction of sp³-hybridized carbons (Fsp3) is 0.600. The van der Waals surface area contributed by atoms with Gasteiger partial charge < -0.3 is 15.1 Å². The van der Waals surface area contributed by atoms with E-state index in [1.807, 2.05) is 42.0 Å². The van der Waals surface area contributed by atoms with E-state index in [9.17, 15) is 9.59 Å². The summed E-state index contributed by atoms with van der Waals surface area (Å²) in [5.74, 6) is 6.39. The van der Waals surface area contributed by atoms with Crippen LogP contribution in [0, 0.1) is 11.8 Å². The molecule has 0 saturated heterocycles. The molecule has 146 valence electrons. The van der Waals surface area contributed by atoms with Gasteiger partial charge in [0.05, 0.1) is 23.5 Å². The smallest absolute Gasteiger partial charge is 0.230 e. The molecule has 2 fully saturated rings. The highest BCUT2D eigenvalue weighted by Gasteiger charge is 2.43. The quantitative estimate of drug-likeness (QED) is 0.518. The van der Waals surface area contributed by atoms with E-state index in [0.29, 0.717) is 13.1 Å². The van der Waals surface area contributed by atoms with Crippen LogP contribution in [0.15, 0.2) is 18.2 Å². The molecule has 0 bridgehead atoms. The van der Waals surface area contributed by atoms with Gasteiger partial charge in [-0.05, 0) is 57.4 Å². The van der Waals surface area contributed by atoms with E-state index in [1.54, 1.807) is 0 Å². The van der Waals surface area contributed by atoms with Crippen molar-refractivity contribution >= 4 is 23.2 Å². The summed E-state index contributed by atoms with van der Waals surface area (Å²) in [6.45, 7) is 3.26. The van der Waals surface area contributed by atoms with Crippen molar-refractivity contribution in [2.24, 2.45) is 17.7 Å². The molecule has 7 heteroatoms. The van der Waals surface area contributed by atoms with E-state index in [1.165, 1.54) is 0 Å². The van der Waals surface area contributed by atoms with Crippen molar-refractivity contribution in [3.05, 3.63) is 23.8 Å². The molecule has 0 aromatic heterocycles. The SMILES string of the molecule is CNCC(NN)c1ccc2c(c1)N(C(=O)C1CC1)C[C@H](C)N2C(=O)C1CC1. The normalized spacial score (nSPS) is 23.1. The molecule has 1 aromatic rings. The van der Waals surface area contributed by atoms with Crippen molar-refractivity contribution in [2.45, 2.75) is 44.7 Å². The molecule has 1 aliphatic heterocycles. The monoisotopic (exact) mass is 371 g/mol. The van der Waals surface area contributed by atoms with Gasteiger partial charge in [-0.1, -0.05) is 6.07 Å². The lowest BCUT2D eigenvalue weighted by Crippen LogP contribution is -2.53. The van der Waals surface area contributed by atoms with Gasteiger partial charge >= 0.3 is 0 Å². The number of nitrogens with one attached hydrogen (secondary N) is 2. The Morgan fingerprint density at radius 3 is 2.41 bits per heavy atom. The highest BCUT2D eigenvalue weighted by atomic mass is 16.2. The first kappa shape index (κ1) is 18.4. The molecular formula is C20H29N5O2. The molecule has 3 aliphatic rings. The molecule has 0 radical (unpaired) electrons. The van der Waals surface area contributed by atoms with Gasteiger partial charge in [-0.25, -0.2) is 0 Å². The van der Waals surface area contributed by atoms with Crippen molar-refractivity contribution < 1.29 is 9.59 Å². The lowest BCUT2D eigenvalue weighted by Gasteiger charge is -2.42. The molecule has 27 heavy (non-hydrogen) atoms. The third-order valence-corrected chi connectivity index (χ3v) is 5.81. The molecule has 1 heterocycles. The highest BCUT2D eigenvalue weighted by Crippen LogP contribution is 2.43. The largest absolute Gasteiger partial charge is 0.318 e. The number of nitrogens with zero attached hydrogens (tertiary/aromatic N) is 2. The van der Waals surface area contributed by atoms with Crippen LogP contribution in [0.25, 0.3) is 0 Å². The minimum absolute atomic E-state index is 0.0140. The third kappa shape index (κ3) is 3.47. The molecule has 2 amide bonds. The standard InChI is InChI=1S/C20H29N5O2/c1-12-11-24(19(26)13-3-4-13)18-9-15(16(23-21)10-22-2)7-8-17(18)25(12)20(27)14-5-6-14/h7-9,12-14,16,22-23H,3-6,10-11,21H2,1-2H3/t12-,16?/m0/s1. The fourth-order valence-electron chi connectivity index (χ4n) is 3.96. The van der Waals surface area contributed by atoms with Gasteiger partial charge in [-0.2, -0.15) is 0 Å². The van der Waals surface area contributed by atoms with Crippen LogP contribution < -0.4 is 26.4 Å². The molecule has 1 unspecified atom stereocenters. The molecule has 2 saturated carbocycles. The van der Waals surface area contributed by atoms with Gasteiger partial charge in [0, 0.05) is 24.9 Å². The molecule has 4 rings (SSSR count). The van der Waals surface area contributed by atoms with Crippen LogP contribution in [0.3, 0.4) is 0 Å². The second-order valence-electron chi connectivity index (χ2n) is 8.08. The maximum absolute atomic E-state index is 12.9. The molecule has 1 aromatic carbocycles. The van der Waals surface area contributed by atoms with Crippen molar-refractivity contribution in [1.82, 2.24) is 10.7 Å². The minimum atomic E-state index is -0.0647. The number of rotatable bonds is 6. The predicted octanol–water partition coefficient (Wildman–Crippen LogP) is 1.30. The number of anilines is 2. The first-order valence-corrected chi connectivity index (χ1v) is 9.94. The predicted molar refractivity (Wildman–Crippen MR) is 105 cm³/mol. The average Bonchev–Trinajstić information content (AvgIpc) is 3.57. The second-order valence-corrected chi connectivity index (χ2v) is 8.08. The Bertz CT molecular complexity index is 744. The summed E-state index contributed by atoms with van der Waals surface area (Å²) in [5.41, 5.74) is 5.53. The lowest BCUT2D eigenvalue weighted by molar-refractivity contribution is -0.122. The number of fused-ring (bicyclic) bond motifs is 1. The van der Waals surface area contributed by atoms with Gasteiger partial charge in [-0.3, -0.25) is 20.9 Å². The van der Waals surface area contributed by atoms with E-state index in [0.717, 1.165) is 42.6 Å². The Labute approximate surface area is 160 Å². The Kier molecular flexibility index (Phi) is 4.92. The number of amides is 2.